The van der Waals surface area contributed by atoms with Crippen LogP contribution in [-0.2, 0) is 15.7 Å². The summed E-state index contributed by atoms with van der Waals surface area (Å²) in [5.41, 5.74) is 0.166. The lowest BCUT2D eigenvalue weighted by Crippen LogP contribution is -2.56. The summed E-state index contributed by atoms with van der Waals surface area (Å²) in [4.78, 5) is 30.5. The lowest BCUT2D eigenvalue weighted by Gasteiger charge is -2.46. The molecule has 2 atom stereocenters. The highest BCUT2D eigenvalue weighted by Crippen LogP contribution is 2.43. The summed E-state index contributed by atoms with van der Waals surface area (Å²) in [6.45, 7) is 5.49. The predicted octanol–water partition coefficient (Wildman–Crippen LogP) is 5.76. The van der Waals surface area contributed by atoms with Gasteiger partial charge in [0.25, 0.3) is 0 Å². The molecule has 1 aromatic carbocycles. The topological polar surface area (TPSA) is 102 Å². The number of rotatable bonds is 5. The van der Waals surface area contributed by atoms with Crippen LogP contribution in [0.5, 0.6) is 6.01 Å². The van der Waals surface area contributed by atoms with E-state index in [4.69, 9.17) is 25.8 Å². The van der Waals surface area contributed by atoms with Crippen molar-refractivity contribution in [3.05, 3.63) is 53.2 Å². The van der Waals surface area contributed by atoms with Gasteiger partial charge in [-0.05, 0) is 51.0 Å². The lowest BCUT2D eigenvalue weighted by atomic mass is 9.99. The fraction of sp³-hybridized carbons (Fsp3) is 0.429. The van der Waals surface area contributed by atoms with Crippen molar-refractivity contribution in [2.75, 3.05) is 41.4 Å². The van der Waals surface area contributed by atoms with Crippen LogP contribution in [0.2, 0.25) is 5.02 Å². The SMILES string of the molecule is CC1(C)OC[C@@H](COc2nccc(NC(=O)N3c4nc(-c5cccc(C(F)(F)F)c5)c(Cl)cc4N4CCC[C@H]3C4)n2)O1. The smallest absolute Gasteiger partial charge is 0.416 e. The normalized spacial score (nSPS) is 21.2. The van der Waals surface area contributed by atoms with Crippen molar-refractivity contribution >= 4 is 35.0 Å². The standard InChI is InChI=1S/C28H28ClF3N6O4/c1-27(2)41-15-19(42-27)14-40-25-33-9-8-22(34-25)35-26(39)38-18-7-4-10-37(13-18)21-12-20(29)23(36-24(21)38)16-5-3-6-17(11-16)28(30,31)32/h3,5-6,8-9,11-12,18-19H,4,7,10,13-15H2,1-2H3,(H,33,34,35,39)/t18-,19+/m0/s1. The molecule has 6 rings (SSSR count). The monoisotopic (exact) mass is 604 g/mol. The molecule has 3 aromatic rings. The van der Waals surface area contributed by atoms with Crippen LogP contribution in [0.15, 0.2) is 42.6 Å². The third kappa shape index (κ3) is 5.81. The van der Waals surface area contributed by atoms with E-state index in [9.17, 15) is 18.0 Å². The Morgan fingerprint density at radius 1 is 1.24 bits per heavy atom. The molecule has 1 N–H and O–H groups in total. The Balaban J connectivity index is 1.27. The van der Waals surface area contributed by atoms with E-state index < -0.39 is 23.6 Å². The van der Waals surface area contributed by atoms with Crippen LogP contribution >= 0.6 is 11.6 Å². The minimum atomic E-state index is -4.53. The number of halogens is 4. The van der Waals surface area contributed by atoms with Gasteiger partial charge in [-0.3, -0.25) is 10.2 Å². The lowest BCUT2D eigenvalue weighted by molar-refractivity contribution is -0.141. The third-order valence-electron chi connectivity index (χ3n) is 7.28. The first-order chi connectivity index (χ1) is 20.0. The van der Waals surface area contributed by atoms with E-state index in [1.54, 1.807) is 6.07 Å². The van der Waals surface area contributed by atoms with Gasteiger partial charge in [0.05, 0.1) is 34.6 Å². The molecule has 5 heterocycles. The summed E-state index contributed by atoms with van der Waals surface area (Å²) in [6, 6.07) is 7.35. The van der Waals surface area contributed by atoms with Gasteiger partial charge in [0, 0.05) is 24.8 Å². The summed E-state index contributed by atoms with van der Waals surface area (Å²) in [5, 5.41) is 2.99. The van der Waals surface area contributed by atoms with E-state index >= 15 is 0 Å². The van der Waals surface area contributed by atoms with E-state index in [1.165, 1.54) is 29.3 Å². The molecule has 14 heteroatoms. The minimum absolute atomic E-state index is 0.0562. The molecule has 2 fully saturated rings. The van der Waals surface area contributed by atoms with Gasteiger partial charge in [0.1, 0.15) is 18.5 Å². The number of amides is 2. The average molecular weight is 605 g/mol. The van der Waals surface area contributed by atoms with E-state index in [0.29, 0.717) is 24.7 Å². The van der Waals surface area contributed by atoms with Gasteiger partial charge >= 0.3 is 18.2 Å². The summed E-state index contributed by atoms with van der Waals surface area (Å²) < 4.78 is 57.2. The van der Waals surface area contributed by atoms with Crippen LogP contribution in [0.1, 0.15) is 32.3 Å². The van der Waals surface area contributed by atoms with Gasteiger partial charge < -0.3 is 19.1 Å². The van der Waals surface area contributed by atoms with Gasteiger partial charge in [-0.2, -0.15) is 18.2 Å². The largest absolute Gasteiger partial charge is 0.461 e. The fourth-order valence-electron chi connectivity index (χ4n) is 5.41. The number of fused-ring (bicyclic) bond motifs is 4. The molecular weight excluding hydrogens is 577 g/mol. The summed E-state index contributed by atoms with van der Waals surface area (Å²) >= 11 is 6.57. The summed E-state index contributed by atoms with van der Waals surface area (Å²) in [5.74, 6) is -0.170. The maximum absolute atomic E-state index is 13.7. The molecule has 3 aliphatic heterocycles. The van der Waals surface area contributed by atoms with E-state index in [-0.39, 0.29) is 46.9 Å². The maximum Gasteiger partial charge on any atom is 0.416 e. The number of ether oxygens (including phenoxy) is 3. The van der Waals surface area contributed by atoms with Crippen molar-refractivity contribution in [3.63, 3.8) is 0 Å². The van der Waals surface area contributed by atoms with Gasteiger partial charge in [-0.1, -0.05) is 23.7 Å². The molecule has 10 nitrogen and oxygen atoms in total. The van der Waals surface area contributed by atoms with Crippen LogP contribution < -0.4 is 19.9 Å². The average Bonchev–Trinajstić information content (AvgIpc) is 3.30. The van der Waals surface area contributed by atoms with E-state index in [0.717, 1.165) is 31.5 Å². The molecular formula is C28H28ClF3N6O4. The first kappa shape index (κ1) is 28.4. The maximum atomic E-state index is 13.7. The number of hydrogen-bond donors (Lipinski definition) is 1. The molecule has 0 radical (unpaired) electrons. The third-order valence-corrected chi connectivity index (χ3v) is 7.57. The highest BCUT2D eigenvalue weighted by atomic mass is 35.5. The molecule has 3 aliphatic rings. The number of alkyl halides is 3. The molecule has 2 amide bonds. The summed E-state index contributed by atoms with van der Waals surface area (Å²) in [6.07, 6.45) is -1.78. The Bertz CT molecular complexity index is 1510. The van der Waals surface area contributed by atoms with Crippen LogP contribution in [0.25, 0.3) is 11.3 Å². The summed E-state index contributed by atoms with van der Waals surface area (Å²) in [7, 11) is 0. The molecule has 0 aliphatic carbocycles. The van der Waals surface area contributed by atoms with Crippen molar-refractivity contribution in [2.24, 2.45) is 0 Å². The molecule has 0 saturated carbocycles. The second kappa shape index (κ2) is 10.9. The highest BCUT2D eigenvalue weighted by molar-refractivity contribution is 6.33. The second-order valence-corrected chi connectivity index (χ2v) is 11.2. The van der Waals surface area contributed by atoms with Crippen molar-refractivity contribution in [3.8, 4) is 17.3 Å². The molecule has 0 unspecified atom stereocenters. The van der Waals surface area contributed by atoms with Crippen LogP contribution in [0.3, 0.4) is 0 Å². The molecule has 2 aromatic heterocycles. The number of aromatic nitrogens is 3. The van der Waals surface area contributed by atoms with Crippen molar-refractivity contribution < 1.29 is 32.2 Å². The van der Waals surface area contributed by atoms with Crippen LogP contribution in [0, 0.1) is 0 Å². The second-order valence-electron chi connectivity index (χ2n) is 10.8. The van der Waals surface area contributed by atoms with Gasteiger partial charge in [-0.25, -0.2) is 14.8 Å². The number of pyridine rings is 1. The Morgan fingerprint density at radius 2 is 2.07 bits per heavy atom. The number of carbonyl (C=O) groups is 1. The number of anilines is 3. The van der Waals surface area contributed by atoms with Crippen molar-refractivity contribution in [1.82, 2.24) is 15.0 Å². The van der Waals surface area contributed by atoms with E-state index in [2.05, 4.69) is 25.2 Å². The zero-order chi connectivity index (χ0) is 29.6. The molecule has 2 saturated heterocycles. The van der Waals surface area contributed by atoms with Crippen molar-refractivity contribution in [1.29, 1.82) is 0 Å². The van der Waals surface area contributed by atoms with E-state index in [1.807, 2.05) is 13.8 Å². The number of nitrogens with zero attached hydrogens (tertiary/aromatic N) is 5. The van der Waals surface area contributed by atoms with Gasteiger partial charge in [0.2, 0.25) is 0 Å². The Morgan fingerprint density at radius 3 is 2.83 bits per heavy atom. The minimum Gasteiger partial charge on any atom is -0.461 e. The first-order valence-electron chi connectivity index (χ1n) is 13.5. The first-order valence-corrected chi connectivity index (χ1v) is 13.9. The highest BCUT2D eigenvalue weighted by Gasteiger charge is 2.39. The number of nitrogens with one attached hydrogen (secondary N) is 1. The van der Waals surface area contributed by atoms with Gasteiger partial charge in [-0.15, -0.1) is 0 Å². The fourth-order valence-corrected chi connectivity index (χ4v) is 5.66. The molecule has 2 bridgehead atoms. The number of hydrogen-bond acceptors (Lipinski definition) is 8. The zero-order valence-corrected chi connectivity index (χ0v) is 23.6. The molecule has 0 spiro atoms. The zero-order valence-electron chi connectivity index (χ0n) is 22.8. The predicted molar refractivity (Wildman–Crippen MR) is 149 cm³/mol. The Labute approximate surface area is 244 Å². The van der Waals surface area contributed by atoms with Crippen molar-refractivity contribution in [2.45, 2.75) is 50.8 Å². The number of benzene rings is 1. The van der Waals surface area contributed by atoms with Crippen LogP contribution in [0.4, 0.5) is 35.3 Å². The molecule has 42 heavy (non-hydrogen) atoms. The number of piperidine rings is 1. The Hall–Kier alpha value is -3.68. The molecule has 222 valence electrons. The Kier molecular flexibility index (Phi) is 7.36. The quantitative estimate of drug-likeness (QED) is 0.392. The number of urea groups is 1. The van der Waals surface area contributed by atoms with Gasteiger partial charge in [0.15, 0.2) is 11.6 Å². The number of carbonyl (C=O) groups excluding carboxylic acids is 1. The van der Waals surface area contributed by atoms with Crippen LogP contribution in [-0.4, -0.2) is 65.2 Å².